The minimum Gasteiger partial charge on any atom is -0.495 e. The highest BCUT2D eigenvalue weighted by molar-refractivity contribution is 5.93. The molecule has 2 aromatic rings. The Morgan fingerprint density at radius 1 is 1.50 bits per heavy atom. The van der Waals surface area contributed by atoms with E-state index in [0.717, 1.165) is 0 Å². The molecule has 0 fully saturated rings. The van der Waals surface area contributed by atoms with Crippen LogP contribution in [0.5, 0.6) is 5.75 Å². The fourth-order valence-electron chi connectivity index (χ4n) is 1.71. The first kappa shape index (κ1) is 11.9. The molecular weight excluding hydrogens is 236 g/mol. The minimum absolute atomic E-state index is 0.109. The monoisotopic (exact) mass is 248 g/mol. The summed E-state index contributed by atoms with van der Waals surface area (Å²) >= 11 is 0. The third-order valence-corrected chi connectivity index (χ3v) is 2.53. The third kappa shape index (κ3) is 1.86. The van der Waals surface area contributed by atoms with Gasteiger partial charge in [0.15, 0.2) is 5.69 Å². The van der Waals surface area contributed by atoms with Gasteiger partial charge in [0.05, 0.1) is 12.8 Å². The number of hydrogen-bond donors (Lipinski definition) is 2. The van der Waals surface area contributed by atoms with E-state index in [-0.39, 0.29) is 5.69 Å². The summed E-state index contributed by atoms with van der Waals surface area (Å²) < 4.78 is 6.44. The maximum Gasteiger partial charge on any atom is 0.358 e. The molecule has 0 saturated heterocycles. The number of aryl methyl sites for hydroxylation is 1. The minimum atomic E-state index is -1.13. The number of carboxylic acid groups (broad SMARTS) is 1. The molecule has 1 aromatic carbocycles. The first-order valence-electron chi connectivity index (χ1n) is 5.11. The molecule has 0 saturated carbocycles. The molecular formula is C11H12N4O3. The molecule has 1 heterocycles. The van der Waals surface area contributed by atoms with Gasteiger partial charge in [0.1, 0.15) is 11.4 Å². The maximum atomic E-state index is 11.0. The third-order valence-electron chi connectivity index (χ3n) is 2.53. The highest BCUT2D eigenvalue weighted by Crippen LogP contribution is 2.29. The number of nitrogen functional groups attached to an aromatic ring is 1. The van der Waals surface area contributed by atoms with Gasteiger partial charge in [-0.1, -0.05) is 5.21 Å². The zero-order chi connectivity index (χ0) is 13.3. The number of aromatic nitrogens is 3. The Bertz CT molecular complexity index is 606. The predicted octanol–water partition coefficient (Wildman–Crippen LogP) is 0.771. The lowest BCUT2D eigenvalue weighted by molar-refractivity contribution is 0.0691. The van der Waals surface area contributed by atoms with Gasteiger partial charge < -0.3 is 15.6 Å². The molecule has 0 aliphatic rings. The summed E-state index contributed by atoms with van der Waals surface area (Å²) in [5, 5.41) is 16.3. The number of ether oxygens (including phenoxy) is 1. The average Bonchev–Trinajstić information content (AvgIpc) is 2.71. The van der Waals surface area contributed by atoms with E-state index in [1.807, 2.05) is 0 Å². The second-order valence-corrected chi connectivity index (χ2v) is 3.67. The van der Waals surface area contributed by atoms with Gasteiger partial charge in [-0.2, -0.15) is 0 Å². The lowest BCUT2D eigenvalue weighted by Gasteiger charge is -2.07. The molecule has 0 aliphatic heterocycles. The normalized spacial score (nSPS) is 10.3. The molecule has 94 valence electrons. The highest BCUT2D eigenvalue weighted by atomic mass is 16.5. The van der Waals surface area contributed by atoms with Crippen LogP contribution in [0.1, 0.15) is 10.5 Å². The molecule has 3 N–H and O–H groups in total. The van der Waals surface area contributed by atoms with Crippen molar-refractivity contribution >= 4 is 11.7 Å². The summed E-state index contributed by atoms with van der Waals surface area (Å²) in [6, 6.07) is 5.01. The van der Waals surface area contributed by atoms with E-state index in [4.69, 9.17) is 15.6 Å². The van der Waals surface area contributed by atoms with Crippen LogP contribution in [0.15, 0.2) is 18.2 Å². The number of anilines is 1. The molecule has 1 aromatic heterocycles. The molecule has 7 nitrogen and oxygen atoms in total. The van der Waals surface area contributed by atoms with Gasteiger partial charge >= 0.3 is 5.97 Å². The number of hydrogen-bond acceptors (Lipinski definition) is 5. The summed E-state index contributed by atoms with van der Waals surface area (Å²) in [6.45, 7) is 0. The van der Waals surface area contributed by atoms with Gasteiger partial charge in [-0.05, 0) is 18.2 Å². The van der Waals surface area contributed by atoms with E-state index in [1.165, 1.54) is 11.8 Å². The van der Waals surface area contributed by atoms with E-state index < -0.39 is 5.97 Å². The second kappa shape index (κ2) is 4.36. The molecule has 0 radical (unpaired) electrons. The number of rotatable bonds is 3. The SMILES string of the molecule is COc1ccc(-c2c(C(=O)O)nnn2C)cc1N. The van der Waals surface area contributed by atoms with Gasteiger partial charge in [-0.25, -0.2) is 9.48 Å². The van der Waals surface area contributed by atoms with Crippen molar-refractivity contribution in [3.63, 3.8) is 0 Å². The number of nitrogens with two attached hydrogens (primary N) is 1. The standard InChI is InChI=1S/C11H12N4O3/c1-15-10(9(11(16)17)13-14-15)6-3-4-8(18-2)7(12)5-6/h3-5H,12H2,1-2H3,(H,16,17). The van der Waals surface area contributed by atoms with Crippen LogP contribution in [-0.4, -0.2) is 33.2 Å². The summed E-state index contributed by atoms with van der Waals surface area (Å²) in [6.07, 6.45) is 0. The van der Waals surface area contributed by atoms with E-state index >= 15 is 0 Å². The van der Waals surface area contributed by atoms with Crippen molar-refractivity contribution in [1.29, 1.82) is 0 Å². The fraction of sp³-hybridized carbons (Fsp3) is 0.182. The molecule has 2 rings (SSSR count). The Labute approximate surface area is 103 Å². The molecule has 0 atom stereocenters. The fourth-order valence-corrected chi connectivity index (χ4v) is 1.71. The van der Waals surface area contributed by atoms with Crippen molar-refractivity contribution in [3.05, 3.63) is 23.9 Å². The first-order valence-corrected chi connectivity index (χ1v) is 5.11. The van der Waals surface area contributed by atoms with Crippen LogP contribution in [0.25, 0.3) is 11.3 Å². The number of methoxy groups -OCH3 is 1. The lowest BCUT2D eigenvalue weighted by Crippen LogP contribution is -2.02. The van der Waals surface area contributed by atoms with Gasteiger partial charge in [-0.15, -0.1) is 5.10 Å². The number of carbonyl (C=O) groups is 1. The smallest absolute Gasteiger partial charge is 0.358 e. The Morgan fingerprint density at radius 2 is 2.22 bits per heavy atom. The van der Waals surface area contributed by atoms with Crippen molar-refractivity contribution in [3.8, 4) is 17.0 Å². The number of aromatic carboxylic acids is 1. The Kier molecular flexibility index (Phi) is 2.88. The summed E-state index contributed by atoms with van der Waals surface area (Å²) in [5.74, 6) is -0.599. The van der Waals surface area contributed by atoms with Crippen molar-refractivity contribution < 1.29 is 14.6 Å². The Morgan fingerprint density at radius 3 is 2.78 bits per heavy atom. The Hall–Kier alpha value is -2.57. The van der Waals surface area contributed by atoms with Crippen LogP contribution in [0.4, 0.5) is 5.69 Å². The van der Waals surface area contributed by atoms with E-state index in [1.54, 1.807) is 25.2 Å². The van der Waals surface area contributed by atoms with Crippen molar-refractivity contribution in [2.45, 2.75) is 0 Å². The predicted molar refractivity (Wildman–Crippen MR) is 64.4 cm³/mol. The number of nitrogens with zero attached hydrogens (tertiary/aromatic N) is 3. The zero-order valence-corrected chi connectivity index (χ0v) is 9.91. The first-order chi connectivity index (χ1) is 8.54. The molecule has 7 heteroatoms. The largest absolute Gasteiger partial charge is 0.495 e. The zero-order valence-electron chi connectivity index (χ0n) is 9.91. The van der Waals surface area contributed by atoms with Crippen molar-refractivity contribution in [1.82, 2.24) is 15.0 Å². The van der Waals surface area contributed by atoms with Crippen molar-refractivity contribution in [2.75, 3.05) is 12.8 Å². The Balaban J connectivity index is 2.58. The summed E-state index contributed by atoms with van der Waals surface area (Å²) in [4.78, 5) is 11.0. The molecule has 0 spiro atoms. The van der Waals surface area contributed by atoms with Gasteiger partial charge in [0.25, 0.3) is 0 Å². The van der Waals surface area contributed by atoms with Crippen LogP contribution >= 0.6 is 0 Å². The van der Waals surface area contributed by atoms with Crippen LogP contribution in [0, 0.1) is 0 Å². The van der Waals surface area contributed by atoms with Crippen LogP contribution in [-0.2, 0) is 7.05 Å². The van der Waals surface area contributed by atoms with Crippen LogP contribution in [0.2, 0.25) is 0 Å². The summed E-state index contributed by atoms with van der Waals surface area (Å²) in [7, 11) is 3.13. The lowest BCUT2D eigenvalue weighted by atomic mass is 10.1. The second-order valence-electron chi connectivity index (χ2n) is 3.67. The van der Waals surface area contributed by atoms with Gasteiger partial charge in [0, 0.05) is 12.6 Å². The van der Waals surface area contributed by atoms with Crippen LogP contribution < -0.4 is 10.5 Å². The molecule has 0 unspecified atom stereocenters. The summed E-state index contributed by atoms with van der Waals surface area (Å²) in [5.41, 5.74) is 7.13. The number of carboxylic acids is 1. The molecule has 0 aliphatic carbocycles. The van der Waals surface area contributed by atoms with Gasteiger partial charge in [-0.3, -0.25) is 0 Å². The van der Waals surface area contributed by atoms with Crippen LogP contribution in [0.3, 0.4) is 0 Å². The van der Waals surface area contributed by atoms with Crippen molar-refractivity contribution in [2.24, 2.45) is 7.05 Å². The molecule has 0 bridgehead atoms. The highest BCUT2D eigenvalue weighted by Gasteiger charge is 2.19. The average molecular weight is 248 g/mol. The quantitative estimate of drug-likeness (QED) is 0.777. The maximum absolute atomic E-state index is 11.0. The molecule has 0 amide bonds. The van der Waals surface area contributed by atoms with E-state index in [2.05, 4.69) is 10.3 Å². The molecule has 18 heavy (non-hydrogen) atoms. The van der Waals surface area contributed by atoms with Gasteiger partial charge in [0.2, 0.25) is 0 Å². The number of benzene rings is 1. The topological polar surface area (TPSA) is 103 Å². The van der Waals surface area contributed by atoms with E-state index in [9.17, 15) is 4.79 Å². The van der Waals surface area contributed by atoms with E-state index in [0.29, 0.717) is 22.7 Å².